The number of nitrogens with zero attached hydrogens (tertiary/aromatic N) is 1. The Morgan fingerprint density at radius 1 is 1.31 bits per heavy atom. The van der Waals surface area contributed by atoms with Gasteiger partial charge < -0.3 is 20.9 Å². The van der Waals surface area contributed by atoms with Crippen molar-refractivity contribution in [2.75, 3.05) is 5.73 Å². The van der Waals surface area contributed by atoms with E-state index in [-0.39, 0.29) is 0 Å². The number of carbonyl (C=O) groups excluding carboxylic acids is 1. The molecule has 1 amide bonds. The van der Waals surface area contributed by atoms with Crippen molar-refractivity contribution in [2.24, 2.45) is 5.73 Å². The molecule has 0 radical (unpaired) electrons. The van der Waals surface area contributed by atoms with Crippen LogP contribution in [0.4, 0.5) is 10.6 Å². The Morgan fingerprint density at radius 3 is 2.65 bits per heavy atom. The van der Waals surface area contributed by atoms with Crippen LogP contribution < -0.4 is 21.5 Å². The zero-order valence-electron chi connectivity index (χ0n) is 15.2. The molecule has 5 N–H and O–H groups in total. The van der Waals surface area contributed by atoms with Crippen molar-refractivity contribution < 1.29 is 14.3 Å². The average molecular weight is 470 g/mol. The third-order valence-electron chi connectivity index (χ3n) is 3.06. The van der Waals surface area contributed by atoms with Crippen LogP contribution in [0.3, 0.4) is 0 Å². The van der Waals surface area contributed by atoms with Gasteiger partial charge in [0, 0.05) is 18.0 Å². The van der Waals surface area contributed by atoms with Crippen molar-refractivity contribution in [2.45, 2.75) is 38.8 Å². The van der Waals surface area contributed by atoms with E-state index in [0.717, 1.165) is 3.57 Å². The van der Waals surface area contributed by atoms with Crippen LogP contribution in [-0.4, -0.2) is 22.2 Å². The molecule has 0 bridgehead atoms. The second-order valence-corrected chi connectivity index (χ2v) is 8.28. The molecule has 0 spiro atoms. The Hall–Kier alpha value is -2.07. The van der Waals surface area contributed by atoms with Gasteiger partial charge in [0.2, 0.25) is 0 Å². The normalized spacial score (nSPS) is 19.9. The first-order valence-electron chi connectivity index (χ1n) is 7.95. The lowest BCUT2D eigenvalue weighted by molar-refractivity contribution is 0.0547. The average Bonchev–Trinajstić information content (AvgIpc) is 2.58. The minimum atomic E-state index is -0.840. The number of hydrogen-bond acceptors (Lipinski definition) is 6. The van der Waals surface area contributed by atoms with Gasteiger partial charge in [0.05, 0.1) is 9.11 Å². The molecule has 2 rings (SSSR count). The Balaban J connectivity index is 2.17. The lowest BCUT2D eigenvalue weighted by Gasteiger charge is -2.21. The van der Waals surface area contributed by atoms with Gasteiger partial charge in [0.15, 0.2) is 0 Å². The highest BCUT2D eigenvalue weighted by Gasteiger charge is 2.21. The number of ether oxygens (including phenoxy) is 2. The van der Waals surface area contributed by atoms with Crippen LogP contribution in [0.15, 0.2) is 48.0 Å². The van der Waals surface area contributed by atoms with Gasteiger partial charge in [-0.25, -0.2) is 9.78 Å². The summed E-state index contributed by atoms with van der Waals surface area (Å²) < 4.78 is 12.0. The number of carbonyl (C=O) groups is 1. The molecule has 0 fully saturated rings. The minimum Gasteiger partial charge on any atom is -0.456 e. The fourth-order valence-corrected chi connectivity index (χ4v) is 2.56. The standard InChI is InChI=1S/C18H23IN4O3/c1-17(2,3)26-16(24)23-11-5-6-12(9-18(4,21)8-11)25-14-7-15(20)22-10-13(14)19/h5-10H,21H2,1-4H3,(H2,20,22)(H,23,24). The molecule has 1 aliphatic rings. The predicted octanol–water partition coefficient (Wildman–Crippen LogP) is 3.23. The summed E-state index contributed by atoms with van der Waals surface area (Å²) in [5, 5.41) is 2.69. The van der Waals surface area contributed by atoms with Crippen LogP contribution in [0.1, 0.15) is 27.7 Å². The molecule has 26 heavy (non-hydrogen) atoms. The van der Waals surface area contributed by atoms with Gasteiger partial charge in [-0.15, -0.1) is 0 Å². The van der Waals surface area contributed by atoms with E-state index in [2.05, 4.69) is 32.9 Å². The maximum absolute atomic E-state index is 12.0. The number of nitrogens with one attached hydrogen (secondary N) is 1. The highest BCUT2D eigenvalue weighted by atomic mass is 127. The molecule has 0 aliphatic heterocycles. The monoisotopic (exact) mass is 470 g/mol. The summed E-state index contributed by atoms with van der Waals surface area (Å²) >= 11 is 2.11. The van der Waals surface area contributed by atoms with E-state index in [1.807, 2.05) is 0 Å². The molecule has 1 aromatic heterocycles. The minimum absolute atomic E-state index is 0.361. The quantitative estimate of drug-likeness (QED) is 0.585. The molecule has 1 aliphatic carbocycles. The number of amides is 1. The summed E-state index contributed by atoms with van der Waals surface area (Å²) in [6, 6.07) is 1.64. The van der Waals surface area contributed by atoms with E-state index >= 15 is 0 Å². The Bertz CT molecular complexity index is 792. The molecule has 1 heterocycles. The molecular weight excluding hydrogens is 447 g/mol. The maximum Gasteiger partial charge on any atom is 0.412 e. The summed E-state index contributed by atoms with van der Waals surface area (Å²) in [7, 11) is 0. The van der Waals surface area contributed by atoms with Crippen LogP contribution in [0.2, 0.25) is 0 Å². The fraction of sp³-hybridized carbons (Fsp3) is 0.333. The molecule has 1 aromatic rings. The van der Waals surface area contributed by atoms with Crippen molar-refractivity contribution >= 4 is 34.5 Å². The van der Waals surface area contributed by atoms with Gasteiger partial charge in [-0.3, -0.25) is 5.32 Å². The molecule has 0 saturated carbocycles. The number of alkyl carbamates (subject to hydrolysis) is 1. The SMILES string of the molecule is CC1(N)C=C(NC(=O)OC(C)(C)C)C=CC(Oc2cc(N)ncc2I)=C1. The molecular formula is C18H23IN4O3. The fourth-order valence-electron chi connectivity index (χ4n) is 2.15. The Labute approximate surface area is 166 Å². The maximum atomic E-state index is 12.0. The largest absolute Gasteiger partial charge is 0.456 e. The zero-order chi connectivity index (χ0) is 19.5. The number of nitrogen functional groups attached to an aromatic ring is 1. The van der Waals surface area contributed by atoms with Crippen LogP contribution in [0.5, 0.6) is 5.75 Å². The molecule has 8 heteroatoms. The molecule has 7 nitrogen and oxygen atoms in total. The highest BCUT2D eigenvalue weighted by molar-refractivity contribution is 14.1. The summed E-state index contributed by atoms with van der Waals surface area (Å²) in [4.78, 5) is 16.0. The first kappa shape index (κ1) is 20.2. The number of allylic oxidation sites excluding steroid dienone is 2. The van der Waals surface area contributed by atoms with E-state index < -0.39 is 17.2 Å². The topological polar surface area (TPSA) is 112 Å². The van der Waals surface area contributed by atoms with Gasteiger partial charge in [0.1, 0.15) is 22.9 Å². The van der Waals surface area contributed by atoms with E-state index in [4.69, 9.17) is 20.9 Å². The number of rotatable bonds is 3. The summed E-state index contributed by atoms with van der Waals surface area (Å²) in [6.45, 7) is 7.19. The van der Waals surface area contributed by atoms with Crippen LogP contribution in [0.25, 0.3) is 0 Å². The summed E-state index contributed by atoms with van der Waals surface area (Å²) in [5.41, 5.74) is 11.1. The van der Waals surface area contributed by atoms with E-state index in [0.29, 0.717) is 23.0 Å². The third-order valence-corrected chi connectivity index (χ3v) is 3.87. The molecule has 140 valence electrons. The number of pyridine rings is 1. The van der Waals surface area contributed by atoms with Gasteiger partial charge in [-0.05, 0) is 74.6 Å². The van der Waals surface area contributed by atoms with Gasteiger partial charge in [-0.1, -0.05) is 0 Å². The van der Waals surface area contributed by atoms with Gasteiger partial charge >= 0.3 is 6.09 Å². The molecule has 0 saturated heterocycles. The lowest BCUT2D eigenvalue weighted by atomic mass is 10.0. The second-order valence-electron chi connectivity index (χ2n) is 7.11. The van der Waals surface area contributed by atoms with Crippen LogP contribution >= 0.6 is 22.6 Å². The van der Waals surface area contributed by atoms with Crippen molar-refractivity contribution in [3.05, 3.63) is 51.6 Å². The molecule has 0 aromatic carbocycles. The van der Waals surface area contributed by atoms with Crippen molar-refractivity contribution in [3.8, 4) is 5.75 Å². The van der Waals surface area contributed by atoms with Crippen molar-refractivity contribution in [1.82, 2.24) is 10.3 Å². The Morgan fingerprint density at radius 2 is 2.00 bits per heavy atom. The number of nitrogens with two attached hydrogens (primary N) is 2. The highest BCUT2D eigenvalue weighted by Crippen LogP contribution is 2.26. The number of anilines is 1. The van der Waals surface area contributed by atoms with Crippen LogP contribution in [-0.2, 0) is 4.74 Å². The third kappa shape index (κ3) is 6.34. The zero-order valence-corrected chi connectivity index (χ0v) is 17.3. The van der Waals surface area contributed by atoms with Crippen LogP contribution in [0, 0.1) is 3.57 Å². The molecule has 1 unspecified atom stereocenters. The predicted molar refractivity (Wildman–Crippen MR) is 109 cm³/mol. The van der Waals surface area contributed by atoms with Gasteiger partial charge in [-0.2, -0.15) is 0 Å². The first-order valence-corrected chi connectivity index (χ1v) is 9.03. The van der Waals surface area contributed by atoms with E-state index in [9.17, 15) is 4.79 Å². The molecule has 1 atom stereocenters. The first-order chi connectivity index (χ1) is 11.9. The van der Waals surface area contributed by atoms with Gasteiger partial charge in [0.25, 0.3) is 0 Å². The number of aromatic nitrogens is 1. The number of halogens is 1. The lowest BCUT2D eigenvalue weighted by Crippen LogP contribution is -2.35. The smallest absolute Gasteiger partial charge is 0.412 e. The van der Waals surface area contributed by atoms with E-state index in [1.54, 1.807) is 64.3 Å². The second kappa shape index (κ2) is 7.67. The summed E-state index contributed by atoms with van der Waals surface area (Å²) in [6.07, 6.45) is 7.96. The summed E-state index contributed by atoms with van der Waals surface area (Å²) in [5.74, 6) is 1.46. The van der Waals surface area contributed by atoms with Crippen molar-refractivity contribution in [3.63, 3.8) is 0 Å². The number of hydrogen-bond donors (Lipinski definition) is 3. The van der Waals surface area contributed by atoms with Crippen molar-refractivity contribution in [1.29, 1.82) is 0 Å². The van der Waals surface area contributed by atoms with E-state index in [1.165, 1.54) is 0 Å². The Kier molecular flexibility index (Phi) is 5.97.